The first-order valence-electron chi connectivity index (χ1n) is 8.50. The number of nitrogens with one attached hydrogen (secondary N) is 2. The maximum absolute atomic E-state index is 12.8. The second-order valence-electron chi connectivity index (χ2n) is 6.41. The quantitative estimate of drug-likeness (QED) is 0.748. The van der Waals surface area contributed by atoms with Crippen molar-refractivity contribution in [2.24, 2.45) is 0 Å². The van der Waals surface area contributed by atoms with Crippen molar-refractivity contribution in [2.45, 2.75) is 31.0 Å². The molecule has 1 saturated heterocycles. The van der Waals surface area contributed by atoms with Gasteiger partial charge in [0.2, 0.25) is 0 Å². The molecule has 5 nitrogen and oxygen atoms in total. The number of alkyl halides is 3. The number of aromatic nitrogens is 1. The fourth-order valence-corrected chi connectivity index (χ4v) is 3.91. The summed E-state index contributed by atoms with van der Waals surface area (Å²) in [5.74, 6) is -0.244. The summed E-state index contributed by atoms with van der Waals surface area (Å²) in [6, 6.07) is 5.21. The van der Waals surface area contributed by atoms with Gasteiger partial charge in [-0.05, 0) is 37.6 Å². The number of rotatable bonds is 5. The van der Waals surface area contributed by atoms with E-state index in [0.29, 0.717) is 43.0 Å². The summed E-state index contributed by atoms with van der Waals surface area (Å²) in [7, 11) is 1.52. The topological polar surface area (TPSA) is 63.2 Å². The first-order valence-corrected chi connectivity index (χ1v) is 9.32. The van der Waals surface area contributed by atoms with Gasteiger partial charge in [0.15, 0.2) is 5.13 Å². The van der Waals surface area contributed by atoms with E-state index in [9.17, 15) is 18.0 Å². The molecule has 10 heteroatoms. The molecule has 2 aromatic rings. The van der Waals surface area contributed by atoms with Crippen LogP contribution in [0.3, 0.4) is 0 Å². The van der Waals surface area contributed by atoms with Gasteiger partial charge in [0, 0.05) is 24.6 Å². The van der Waals surface area contributed by atoms with Crippen LogP contribution in [0.4, 0.5) is 18.3 Å². The highest BCUT2D eigenvalue weighted by Crippen LogP contribution is 2.31. The number of hydrogen-bond donors (Lipinski definition) is 2. The van der Waals surface area contributed by atoms with Crippen molar-refractivity contribution in [3.63, 3.8) is 0 Å². The largest absolute Gasteiger partial charge is 0.416 e. The summed E-state index contributed by atoms with van der Waals surface area (Å²) < 4.78 is 44.0. The van der Waals surface area contributed by atoms with E-state index >= 15 is 0 Å². The number of anilines is 1. The van der Waals surface area contributed by atoms with Crippen LogP contribution in [-0.4, -0.2) is 36.7 Å². The SMILES string of the molecule is COC1(C(=O)Nc2ncc(Cc3cccc(C(F)(F)F)c3)s2)CCNCC1.Cl. The van der Waals surface area contributed by atoms with Gasteiger partial charge in [0.1, 0.15) is 5.60 Å². The van der Waals surface area contributed by atoms with E-state index in [1.807, 2.05) is 0 Å². The van der Waals surface area contributed by atoms with Crippen molar-refractivity contribution in [3.8, 4) is 0 Å². The molecule has 3 rings (SSSR count). The zero-order valence-corrected chi connectivity index (χ0v) is 16.8. The molecule has 1 aromatic heterocycles. The number of methoxy groups -OCH3 is 1. The highest BCUT2D eigenvalue weighted by Gasteiger charge is 2.40. The van der Waals surface area contributed by atoms with Gasteiger partial charge in [0.05, 0.1) is 5.56 Å². The molecule has 0 atom stereocenters. The van der Waals surface area contributed by atoms with Gasteiger partial charge < -0.3 is 10.1 Å². The van der Waals surface area contributed by atoms with Crippen molar-refractivity contribution in [3.05, 3.63) is 46.5 Å². The van der Waals surface area contributed by atoms with Gasteiger partial charge in [-0.15, -0.1) is 23.7 Å². The van der Waals surface area contributed by atoms with E-state index in [0.717, 1.165) is 17.0 Å². The van der Waals surface area contributed by atoms with Gasteiger partial charge in [-0.2, -0.15) is 13.2 Å². The third kappa shape index (κ3) is 5.22. The van der Waals surface area contributed by atoms with Crippen molar-refractivity contribution in [1.82, 2.24) is 10.3 Å². The van der Waals surface area contributed by atoms with Crippen LogP contribution in [0.25, 0.3) is 0 Å². The van der Waals surface area contributed by atoms with Crippen molar-refractivity contribution in [2.75, 3.05) is 25.5 Å². The molecule has 0 saturated carbocycles. The van der Waals surface area contributed by atoms with Crippen LogP contribution in [0.15, 0.2) is 30.5 Å². The van der Waals surface area contributed by atoms with Gasteiger partial charge in [-0.1, -0.05) is 18.2 Å². The van der Waals surface area contributed by atoms with E-state index in [1.165, 1.54) is 24.5 Å². The van der Waals surface area contributed by atoms with E-state index in [1.54, 1.807) is 12.3 Å². The Balaban J connectivity index is 0.00000280. The summed E-state index contributed by atoms with van der Waals surface area (Å²) in [4.78, 5) is 17.6. The summed E-state index contributed by atoms with van der Waals surface area (Å²) in [5.41, 5.74) is -1.01. The molecule has 1 fully saturated rings. The molecule has 0 radical (unpaired) electrons. The number of halogens is 4. The molecular weight excluding hydrogens is 415 g/mol. The van der Waals surface area contributed by atoms with Gasteiger partial charge in [-0.25, -0.2) is 4.98 Å². The van der Waals surface area contributed by atoms with Crippen molar-refractivity contribution < 1.29 is 22.7 Å². The Labute approximate surface area is 171 Å². The predicted molar refractivity (Wildman–Crippen MR) is 104 cm³/mol. The molecule has 154 valence electrons. The van der Waals surface area contributed by atoms with E-state index in [-0.39, 0.29) is 18.3 Å². The van der Waals surface area contributed by atoms with Gasteiger partial charge in [0.25, 0.3) is 5.91 Å². The highest BCUT2D eigenvalue weighted by molar-refractivity contribution is 7.15. The lowest BCUT2D eigenvalue weighted by atomic mass is 9.91. The number of carbonyl (C=O) groups excluding carboxylic acids is 1. The maximum Gasteiger partial charge on any atom is 0.416 e. The Morgan fingerprint density at radius 1 is 1.36 bits per heavy atom. The number of amides is 1. The third-order valence-corrected chi connectivity index (χ3v) is 5.54. The molecule has 0 aliphatic carbocycles. The van der Waals surface area contributed by atoms with Crippen LogP contribution in [0, 0.1) is 0 Å². The number of hydrogen-bond acceptors (Lipinski definition) is 5. The minimum absolute atomic E-state index is 0. The monoisotopic (exact) mass is 435 g/mol. The molecule has 28 heavy (non-hydrogen) atoms. The number of ether oxygens (including phenoxy) is 1. The first kappa shape index (κ1) is 22.6. The fourth-order valence-electron chi connectivity index (χ4n) is 3.07. The molecule has 2 N–H and O–H groups in total. The summed E-state index contributed by atoms with van der Waals surface area (Å²) in [6.45, 7) is 1.39. The zero-order valence-electron chi connectivity index (χ0n) is 15.1. The molecule has 0 unspecified atom stereocenters. The lowest BCUT2D eigenvalue weighted by Gasteiger charge is -2.34. The minimum atomic E-state index is -4.37. The Morgan fingerprint density at radius 3 is 2.71 bits per heavy atom. The Kier molecular flexibility index (Phi) is 7.44. The first-order chi connectivity index (χ1) is 12.8. The van der Waals surface area contributed by atoms with Gasteiger partial charge in [-0.3, -0.25) is 10.1 Å². The fraction of sp³-hybridized carbons (Fsp3) is 0.444. The van der Waals surface area contributed by atoms with Crippen LogP contribution in [0.1, 0.15) is 28.8 Å². The second kappa shape index (κ2) is 9.21. The standard InChI is InChI=1S/C18H20F3N3O2S.ClH/c1-26-17(5-7-22-8-6-17)15(25)24-16-23-11-14(27-16)10-12-3-2-4-13(9-12)18(19,20)21;/h2-4,9,11,22H,5-8,10H2,1H3,(H,23,24,25);1H. The number of thiazole rings is 1. The van der Waals surface area contributed by atoms with E-state index < -0.39 is 17.3 Å². The lowest BCUT2D eigenvalue weighted by molar-refractivity contribution is -0.140. The van der Waals surface area contributed by atoms with Crippen LogP contribution < -0.4 is 10.6 Å². The van der Waals surface area contributed by atoms with Crippen molar-refractivity contribution >= 4 is 34.8 Å². The average molecular weight is 436 g/mol. The molecule has 0 bridgehead atoms. The summed E-state index contributed by atoms with van der Waals surface area (Å²) >= 11 is 1.25. The highest BCUT2D eigenvalue weighted by atomic mass is 35.5. The van der Waals surface area contributed by atoms with Gasteiger partial charge >= 0.3 is 6.18 Å². The second-order valence-corrected chi connectivity index (χ2v) is 7.52. The molecule has 1 amide bonds. The Morgan fingerprint density at radius 2 is 2.07 bits per heavy atom. The smallest absolute Gasteiger partial charge is 0.368 e. The molecule has 2 heterocycles. The normalized spacial score (nSPS) is 16.3. The third-order valence-electron chi connectivity index (χ3n) is 4.62. The minimum Gasteiger partial charge on any atom is -0.368 e. The maximum atomic E-state index is 12.8. The molecular formula is C18H21ClF3N3O2S. The van der Waals surface area contributed by atoms with Crippen LogP contribution in [0.2, 0.25) is 0 Å². The predicted octanol–water partition coefficient (Wildman–Crippen LogP) is 3.88. The van der Waals surface area contributed by atoms with E-state index in [2.05, 4.69) is 15.6 Å². The lowest BCUT2D eigenvalue weighted by Crippen LogP contribution is -2.51. The molecule has 1 aliphatic heterocycles. The number of piperidine rings is 1. The summed E-state index contributed by atoms with van der Waals surface area (Å²) in [5, 5.41) is 6.38. The van der Waals surface area contributed by atoms with Crippen LogP contribution >= 0.6 is 23.7 Å². The van der Waals surface area contributed by atoms with E-state index in [4.69, 9.17) is 4.74 Å². The Hall–Kier alpha value is -1.68. The van der Waals surface area contributed by atoms with Crippen LogP contribution in [0.5, 0.6) is 0 Å². The molecule has 0 spiro atoms. The van der Waals surface area contributed by atoms with Crippen molar-refractivity contribution in [1.29, 1.82) is 0 Å². The number of nitrogens with zero attached hydrogens (tertiary/aromatic N) is 1. The molecule has 1 aliphatic rings. The van der Waals surface area contributed by atoms with Crippen LogP contribution in [-0.2, 0) is 22.1 Å². The zero-order chi connectivity index (χ0) is 19.5. The average Bonchev–Trinajstić information content (AvgIpc) is 3.08. The number of benzene rings is 1. The molecule has 1 aromatic carbocycles. The number of carbonyl (C=O) groups is 1. The summed E-state index contributed by atoms with van der Waals surface area (Å²) in [6.07, 6.45) is -1.35. The Bertz CT molecular complexity index is 807.